The molecule has 8 heteroatoms. The zero-order valence-electron chi connectivity index (χ0n) is 15.5. The molecule has 1 aromatic carbocycles. The molecule has 4 N–H and O–H groups in total. The van der Waals surface area contributed by atoms with Crippen LogP contribution in [-0.4, -0.2) is 43.7 Å². The summed E-state index contributed by atoms with van der Waals surface area (Å²) in [7, 11) is 1.62. The van der Waals surface area contributed by atoms with Crippen molar-refractivity contribution in [2.75, 3.05) is 26.7 Å². The highest BCUT2D eigenvalue weighted by Gasteiger charge is 2.10. The lowest BCUT2D eigenvalue weighted by molar-refractivity contribution is 0.0963. The van der Waals surface area contributed by atoms with E-state index in [0.29, 0.717) is 22.4 Å². The van der Waals surface area contributed by atoms with E-state index in [9.17, 15) is 9.90 Å². The van der Waals surface area contributed by atoms with E-state index in [-0.39, 0.29) is 12.5 Å². The zero-order chi connectivity index (χ0) is 19.6. The van der Waals surface area contributed by atoms with Crippen LogP contribution in [-0.2, 0) is 6.42 Å². The number of carbonyl (C=O) groups excluding carboxylic acids is 1. The first kappa shape index (κ1) is 21.2. The number of hydrogen-bond acceptors (Lipinski definition) is 4. The van der Waals surface area contributed by atoms with E-state index >= 15 is 0 Å². The van der Waals surface area contributed by atoms with E-state index < -0.39 is 6.10 Å². The summed E-state index contributed by atoms with van der Waals surface area (Å²) in [5.41, 5.74) is 1.71. The summed E-state index contributed by atoms with van der Waals surface area (Å²) < 4.78 is 0.650. The molecule has 1 unspecified atom stereocenters. The molecule has 27 heavy (non-hydrogen) atoms. The SMILES string of the molecule is CCNC(=NCC(O)c1ccc(Cl)s1)NCCc1cccc(C(=O)NC)c1. The number of thiophene rings is 1. The third-order valence-corrected chi connectivity index (χ3v) is 5.14. The van der Waals surface area contributed by atoms with Gasteiger partial charge in [-0.25, -0.2) is 0 Å². The van der Waals surface area contributed by atoms with E-state index in [0.717, 1.165) is 23.4 Å². The summed E-state index contributed by atoms with van der Waals surface area (Å²) in [6, 6.07) is 11.1. The fraction of sp³-hybridized carbons (Fsp3) is 0.368. The van der Waals surface area contributed by atoms with Crippen molar-refractivity contribution >= 4 is 34.8 Å². The molecule has 0 spiro atoms. The average Bonchev–Trinajstić information content (AvgIpc) is 3.12. The molecule has 0 saturated heterocycles. The minimum Gasteiger partial charge on any atom is -0.386 e. The summed E-state index contributed by atoms with van der Waals surface area (Å²) >= 11 is 7.26. The van der Waals surface area contributed by atoms with Crippen molar-refractivity contribution in [3.05, 3.63) is 56.7 Å². The van der Waals surface area contributed by atoms with E-state index in [4.69, 9.17) is 11.6 Å². The fourth-order valence-corrected chi connectivity index (χ4v) is 3.49. The fourth-order valence-electron chi connectivity index (χ4n) is 2.45. The maximum Gasteiger partial charge on any atom is 0.251 e. The largest absolute Gasteiger partial charge is 0.386 e. The predicted octanol–water partition coefficient (Wildman–Crippen LogP) is 2.59. The van der Waals surface area contributed by atoms with Gasteiger partial charge in [-0.1, -0.05) is 23.7 Å². The summed E-state index contributed by atoms with van der Waals surface area (Å²) in [4.78, 5) is 16.9. The van der Waals surface area contributed by atoms with Crippen LogP contribution >= 0.6 is 22.9 Å². The molecule has 0 radical (unpaired) electrons. The van der Waals surface area contributed by atoms with Crippen LogP contribution in [0.2, 0.25) is 4.34 Å². The van der Waals surface area contributed by atoms with Crippen molar-refractivity contribution in [3.63, 3.8) is 0 Å². The van der Waals surface area contributed by atoms with Crippen molar-refractivity contribution in [1.82, 2.24) is 16.0 Å². The Morgan fingerprint density at radius 1 is 1.30 bits per heavy atom. The summed E-state index contributed by atoms with van der Waals surface area (Å²) in [5.74, 6) is 0.545. The molecular formula is C19H25ClN4O2S. The number of amides is 1. The van der Waals surface area contributed by atoms with Gasteiger partial charge in [-0.05, 0) is 43.2 Å². The first-order chi connectivity index (χ1) is 13.0. The van der Waals surface area contributed by atoms with Gasteiger partial charge in [-0.2, -0.15) is 0 Å². The van der Waals surface area contributed by atoms with Crippen LogP contribution in [0.3, 0.4) is 0 Å². The molecular weight excluding hydrogens is 384 g/mol. The highest BCUT2D eigenvalue weighted by atomic mass is 35.5. The minimum atomic E-state index is -0.679. The Kier molecular flexibility index (Phi) is 8.57. The number of halogens is 1. The number of carbonyl (C=O) groups is 1. The average molecular weight is 409 g/mol. The number of aliphatic imine (C=N–C) groups is 1. The second kappa shape index (κ2) is 10.9. The molecule has 0 aliphatic heterocycles. The van der Waals surface area contributed by atoms with Crippen molar-refractivity contribution in [1.29, 1.82) is 0 Å². The Bertz CT molecular complexity index is 779. The maximum atomic E-state index is 11.7. The zero-order valence-corrected chi connectivity index (χ0v) is 17.0. The maximum absolute atomic E-state index is 11.7. The summed E-state index contributed by atoms with van der Waals surface area (Å²) in [6.07, 6.45) is 0.0698. The van der Waals surface area contributed by atoms with Crippen LogP contribution < -0.4 is 16.0 Å². The van der Waals surface area contributed by atoms with Crippen LogP contribution in [0.15, 0.2) is 41.4 Å². The first-order valence-electron chi connectivity index (χ1n) is 8.80. The molecule has 146 valence electrons. The number of aliphatic hydroxyl groups excluding tert-OH is 1. The lowest BCUT2D eigenvalue weighted by Gasteiger charge is -2.13. The first-order valence-corrected chi connectivity index (χ1v) is 9.99. The molecule has 0 bridgehead atoms. The topological polar surface area (TPSA) is 85.8 Å². The molecule has 1 amide bonds. The quantitative estimate of drug-likeness (QED) is 0.399. The Labute approximate surface area is 168 Å². The number of nitrogens with zero attached hydrogens (tertiary/aromatic N) is 1. The molecule has 0 aliphatic carbocycles. The van der Waals surface area contributed by atoms with Gasteiger partial charge in [-0.3, -0.25) is 9.79 Å². The van der Waals surface area contributed by atoms with Gasteiger partial charge in [-0.15, -0.1) is 11.3 Å². The van der Waals surface area contributed by atoms with E-state index in [2.05, 4.69) is 20.9 Å². The summed E-state index contributed by atoms with van der Waals surface area (Å²) in [6.45, 7) is 3.61. The lowest BCUT2D eigenvalue weighted by atomic mass is 10.1. The van der Waals surface area contributed by atoms with Crippen LogP contribution in [0.4, 0.5) is 0 Å². The van der Waals surface area contributed by atoms with Crippen molar-refractivity contribution in [3.8, 4) is 0 Å². The number of rotatable bonds is 8. The molecule has 0 aliphatic rings. The van der Waals surface area contributed by atoms with Gasteiger partial charge < -0.3 is 21.1 Å². The van der Waals surface area contributed by atoms with Gasteiger partial charge in [0.15, 0.2) is 5.96 Å². The molecule has 2 aromatic rings. The monoisotopic (exact) mass is 408 g/mol. The number of benzene rings is 1. The molecule has 1 heterocycles. The van der Waals surface area contributed by atoms with Gasteiger partial charge in [0.05, 0.1) is 10.9 Å². The Morgan fingerprint density at radius 3 is 2.78 bits per heavy atom. The van der Waals surface area contributed by atoms with Gasteiger partial charge in [0.25, 0.3) is 5.91 Å². The Hall–Kier alpha value is -2.09. The van der Waals surface area contributed by atoms with Gasteiger partial charge in [0.1, 0.15) is 6.10 Å². The third kappa shape index (κ3) is 6.86. The third-order valence-electron chi connectivity index (χ3n) is 3.81. The van der Waals surface area contributed by atoms with Crippen LogP contribution in [0.5, 0.6) is 0 Å². The van der Waals surface area contributed by atoms with Crippen LogP contribution in [0.1, 0.15) is 33.8 Å². The smallest absolute Gasteiger partial charge is 0.251 e. The van der Waals surface area contributed by atoms with Crippen molar-refractivity contribution in [2.24, 2.45) is 4.99 Å². The Balaban J connectivity index is 1.89. The molecule has 1 aromatic heterocycles. The predicted molar refractivity (Wildman–Crippen MR) is 112 cm³/mol. The number of guanidine groups is 1. The normalized spacial score (nSPS) is 12.5. The number of nitrogens with one attached hydrogen (secondary N) is 3. The van der Waals surface area contributed by atoms with Crippen molar-refractivity contribution < 1.29 is 9.90 Å². The molecule has 1 atom stereocenters. The van der Waals surface area contributed by atoms with Gasteiger partial charge >= 0.3 is 0 Å². The van der Waals surface area contributed by atoms with E-state index in [1.165, 1.54) is 11.3 Å². The van der Waals surface area contributed by atoms with Crippen molar-refractivity contribution in [2.45, 2.75) is 19.4 Å². The lowest BCUT2D eigenvalue weighted by Crippen LogP contribution is -2.38. The standard InChI is InChI=1S/C19H25ClN4O2S/c1-3-22-19(24-12-15(25)16-7-8-17(20)27-16)23-10-9-13-5-4-6-14(11-13)18(26)21-2/h4-8,11,15,25H,3,9-10,12H2,1-2H3,(H,21,26)(H2,22,23,24). The second-order valence-corrected chi connectivity index (χ2v) is 7.58. The molecule has 0 saturated carbocycles. The summed E-state index contributed by atoms with van der Waals surface area (Å²) in [5, 5.41) is 19.2. The molecule has 6 nitrogen and oxygen atoms in total. The van der Waals surface area contributed by atoms with Gasteiger partial charge in [0.2, 0.25) is 0 Å². The minimum absolute atomic E-state index is 0.0950. The Morgan fingerprint density at radius 2 is 2.11 bits per heavy atom. The number of aliphatic hydroxyl groups is 1. The number of hydrogen-bond donors (Lipinski definition) is 4. The van der Waals surface area contributed by atoms with Crippen LogP contribution in [0.25, 0.3) is 0 Å². The van der Waals surface area contributed by atoms with E-state index in [1.54, 1.807) is 19.2 Å². The molecule has 0 fully saturated rings. The highest BCUT2D eigenvalue weighted by Crippen LogP contribution is 2.26. The van der Waals surface area contributed by atoms with E-state index in [1.807, 2.05) is 31.2 Å². The second-order valence-electron chi connectivity index (χ2n) is 5.83. The van der Waals surface area contributed by atoms with Gasteiger partial charge in [0, 0.05) is 30.6 Å². The highest BCUT2D eigenvalue weighted by molar-refractivity contribution is 7.16. The molecule has 2 rings (SSSR count). The van der Waals surface area contributed by atoms with Crippen LogP contribution in [0, 0.1) is 0 Å².